The van der Waals surface area contributed by atoms with E-state index in [1.54, 1.807) is 6.20 Å². The van der Waals surface area contributed by atoms with Crippen LogP contribution < -0.4 is 0 Å². The number of para-hydroxylation sites is 2. The fourth-order valence-corrected chi connectivity index (χ4v) is 1.92. The van der Waals surface area contributed by atoms with Crippen molar-refractivity contribution < 1.29 is 30.4 Å². The van der Waals surface area contributed by atoms with Crippen LogP contribution in [0.1, 0.15) is 5.82 Å². The molecule has 0 atom stereocenters. The van der Waals surface area contributed by atoms with E-state index >= 15 is 0 Å². The van der Waals surface area contributed by atoms with Crippen molar-refractivity contribution >= 4 is 20.0 Å². The number of imidazole rings is 1. The maximum atomic E-state index is 5.53. The molecule has 0 N–H and O–H groups in total. The average Bonchev–Trinajstić information content (AvgIpc) is 2.55. The second kappa shape index (κ2) is 3.64. The summed E-state index contributed by atoms with van der Waals surface area (Å²) in [5, 5.41) is 0. The Hall–Kier alpha value is -0.596. The van der Waals surface area contributed by atoms with Crippen molar-refractivity contribution in [3.63, 3.8) is 0 Å². The molecule has 61 valence electrons. The van der Waals surface area contributed by atoms with Crippen LogP contribution in [-0.4, -0.2) is 12.4 Å². The summed E-state index contributed by atoms with van der Waals surface area (Å²) in [6.07, 6.45) is 1.55. The molecule has 0 aliphatic rings. The van der Waals surface area contributed by atoms with Gasteiger partial charge in [-0.1, -0.05) is 0 Å². The molecule has 1 aromatic heterocycles. The SMILES string of the molecule is [CH-]=Cn1c([CH]=[Y])nc2ccccc21. The van der Waals surface area contributed by atoms with E-state index in [9.17, 15) is 0 Å². The van der Waals surface area contributed by atoms with E-state index in [1.165, 1.54) is 0 Å². The summed E-state index contributed by atoms with van der Waals surface area (Å²) in [6.45, 7) is 5.53. The van der Waals surface area contributed by atoms with Crippen molar-refractivity contribution in [2.45, 2.75) is 0 Å². The van der Waals surface area contributed by atoms with Gasteiger partial charge in [-0.2, -0.15) is 0 Å². The summed E-state index contributed by atoms with van der Waals surface area (Å²) in [7, 11) is 0. The van der Waals surface area contributed by atoms with E-state index in [4.69, 9.17) is 6.58 Å². The van der Waals surface area contributed by atoms with E-state index < -0.39 is 0 Å². The Labute approximate surface area is 96.2 Å². The third-order valence-electron chi connectivity index (χ3n) is 1.92. The van der Waals surface area contributed by atoms with E-state index in [1.807, 2.05) is 28.8 Å². The topological polar surface area (TPSA) is 17.8 Å². The molecule has 0 unspecified atom stereocenters. The molecular weight excluding hydrogens is 237 g/mol. The number of benzene rings is 1. The van der Waals surface area contributed by atoms with Crippen LogP contribution >= 0.6 is 0 Å². The van der Waals surface area contributed by atoms with Gasteiger partial charge in [0.05, 0.1) is 0 Å². The second-order valence-electron chi connectivity index (χ2n) is 2.64. The molecular formula is C10H7N2Y-. The third-order valence-corrected chi connectivity index (χ3v) is 2.65. The van der Waals surface area contributed by atoms with Crippen LogP contribution in [0.3, 0.4) is 0 Å². The Kier molecular flexibility index (Phi) is 2.52. The van der Waals surface area contributed by atoms with Crippen molar-refractivity contribution in [2.24, 2.45) is 0 Å². The maximum absolute atomic E-state index is 5.53. The van der Waals surface area contributed by atoms with Crippen molar-refractivity contribution in [1.82, 2.24) is 9.55 Å². The Balaban J connectivity index is 2.88. The zero-order chi connectivity index (χ0) is 9.26. The van der Waals surface area contributed by atoms with Crippen LogP contribution in [-0.2, 0) is 30.4 Å². The van der Waals surface area contributed by atoms with Crippen LogP contribution in [0.15, 0.2) is 24.3 Å². The first-order valence-electron chi connectivity index (χ1n) is 3.94. The van der Waals surface area contributed by atoms with Gasteiger partial charge in [-0.15, -0.1) is 0 Å². The van der Waals surface area contributed by atoms with Gasteiger partial charge in [-0.05, 0) is 0 Å². The zero-order valence-corrected chi connectivity index (χ0v) is 9.85. The quantitative estimate of drug-likeness (QED) is 0.734. The van der Waals surface area contributed by atoms with Crippen LogP contribution in [0.25, 0.3) is 17.2 Å². The van der Waals surface area contributed by atoms with E-state index in [0.29, 0.717) is 0 Å². The van der Waals surface area contributed by atoms with Gasteiger partial charge in [0.25, 0.3) is 0 Å². The fraction of sp³-hybridized carbons (Fsp3) is 0. The van der Waals surface area contributed by atoms with Crippen LogP contribution in [0.5, 0.6) is 0 Å². The molecule has 0 bridgehead atoms. The predicted octanol–water partition coefficient (Wildman–Crippen LogP) is 1.64. The second-order valence-corrected chi connectivity index (χ2v) is 3.46. The molecule has 2 nitrogen and oxygen atoms in total. The molecule has 0 saturated heterocycles. The normalized spacial score (nSPS) is 10.3. The molecule has 0 saturated carbocycles. The number of hydrogen-bond donors (Lipinski definition) is 0. The molecule has 1 heterocycles. The van der Waals surface area contributed by atoms with E-state index in [-0.39, 0.29) is 0 Å². The molecule has 0 amide bonds. The number of aromatic nitrogens is 2. The Morgan fingerprint density at radius 2 is 2.15 bits per heavy atom. The van der Waals surface area contributed by atoms with Gasteiger partial charge in [0.1, 0.15) is 0 Å². The minimum atomic E-state index is 0.936. The van der Waals surface area contributed by atoms with Crippen molar-refractivity contribution in [1.29, 1.82) is 0 Å². The minimum absolute atomic E-state index is 0.936. The molecule has 3 heteroatoms. The molecule has 0 fully saturated rings. The molecule has 2 aromatic rings. The summed E-state index contributed by atoms with van der Waals surface area (Å²) in [5.74, 6) is 0.936. The standard InChI is InChI=1S/C10H7N2.Y/c1-3-12-8(2)11-9-6-4-5-7-10(9)12;/h1-7H;/q-1;. The Morgan fingerprint density at radius 1 is 1.38 bits per heavy atom. The first kappa shape index (κ1) is 8.98. The summed E-state index contributed by atoms with van der Waals surface area (Å²) in [6, 6.07) is 7.97. The third kappa shape index (κ3) is 1.45. The van der Waals surface area contributed by atoms with Crippen molar-refractivity contribution in [3.8, 4) is 0 Å². The van der Waals surface area contributed by atoms with E-state index in [0.717, 1.165) is 47.3 Å². The summed E-state index contributed by atoms with van der Waals surface area (Å²) < 4.78 is 3.97. The summed E-state index contributed by atoms with van der Waals surface area (Å²) >= 11 is 1.05. The van der Waals surface area contributed by atoms with Crippen molar-refractivity contribution in [2.75, 3.05) is 0 Å². The van der Waals surface area contributed by atoms with Crippen LogP contribution in [0.4, 0.5) is 0 Å². The van der Waals surface area contributed by atoms with Gasteiger partial charge < -0.3 is 0 Å². The summed E-state index contributed by atoms with van der Waals surface area (Å²) in [5.41, 5.74) is 2.05. The van der Waals surface area contributed by atoms with Gasteiger partial charge >= 0.3 is 96.7 Å². The predicted molar refractivity (Wildman–Crippen MR) is 50.0 cm³/mol. The molecule has 0 aliphatic heterocycles. The number of hydrogen-bond acceptors (Lipinski definition) is 1. The van der Waals surface area contributed by atoms with Crippen LogP contribution in [0.2, 0.25) is 0 Å². The Morgan fingerprint density at radius 3 is 2.85 bits per heavy atom. The van der Waals surface area contributed by atoms with Crippen molar-refractivity contribution in [3.05, 3.63) is 36.7 Å². The number of rotatable bonds is 2. The molecule has 0 aliphatic carbocycles. The van der Waals surface area contributed by atoms with Crippen LogP contribution in [0, 0.1) is 6.58 Å². The van der Waals surface area contributed by atoms with Gasteiger partial charge in [0.15, 0.2) is 0 Å². The number of nitrogens with zero attached hydrogens (tertiary/aromatic N) is 2. The molecule has 0 radical (unpaired) electrons. The first-order chi connectivity index (χ1) is 6.36. The Bertz CT molecular complexity index is 471. The molecule has 2 rings (SSSR count). The van der Waals surface area contributed by atoms with Gasteiger partial charge in [0, 0.05) is 0 Å². The number of fused-ring (bicyclic) bond motifs is 1. The molecule has 0 spiro atoms. The molecule has 1 aromatic carbocycles. The average molecular weight is 244 g/mol. The van der Waals surface area contributed by atoms with E-state index in [2.05, 4.69) is 7.79 Å². The monoisotopic (exact) mass is 244 g/mol. The zero-order valence-electron chi connectivity index (χ0n) is 7.01. The van der Waals surface area contributed by atoms with Gasteiger partial charge in [0.2, 0.25) is 0 Å². The van der Waals surface area contributed by atoms with Gasteiger partial charge in [-0.25, -0.2) is 0 Å². The summed E-state index contributed by atoms with van der Waals surface area (Å²) in [4.78, 5) is 4.43. The first-order valence-corrected chi connectivity index (χ1v) is 5.57. The fourth-order valence-electron chi connectivity index (χ4n) is 1.34. The van der Waals surface area contributed by atoms with Gasteiger partial charge in [-0.3, -0.25) is 0 Å². The molecule has 13 heavy (non-hydrogen) atoms.